The zero-order valence-electron chi connectivity index (χ0n) is 13.4. The predicted octanol–water partition coefficient (Wildman–Crippen LogP) is 4.29. The molecule has 25 heavy (non-hydrogen) atoms. The number of hydrogen-bond acceptors (Lipinski definition) is 2. The number of carbonyl (C=O) groups is 1. The van der Waals surface area contributed by atoms with Gasteiger partial charge in [0, 0.05) is 32.7 Å². The van der Waals surface area contributed by atoms with Crippen molar-refractivity contribution in [3.8, 4) is 17.6 Å². The number of amides is 1. The summed E-state index contributed by atoms with van der Waals surface area (Å²) in [7, 11) is 0. The summed E-state index contributed by atoms with van der Waals surface area (Å²) in [5.74, 6) is 5.80. The molecular formula is C17H14BrF2INO2Y-. The molecule has 1 aromatic rings. The van der Waals surface area contributed by atoms with E-state index in [0.717, 1.165) is 4.90 Å². The number of rotatable bonds is 5. The van der Waals surface area contributed by atoms with E-state index >= 15 is 0 Å². The number of carbonyl (C=O) groups excluding carboxylic acids is 1. The van der Waals surface area contributed by atoms with Gasteiger partial charge in [0.05, 0.1) is 10.5 Å². The molecule has 0 aliphatic carbocycles. The smallest absolute Gasteiger partial charge is 0.256 e. The fourth-order valence-electron chi connectivity index (χ4n) is 2.18. The molecule has 3 nitrogen and oxygen atoms in total. The van der Waals surface area contributed by atoms with Gasteiger partial charge in [0.15, 0.2) is 0 Å². The van der Waals surface area contributed by atoms with Crippen LogP contribution in [0.5, 0.6) is 5.75 Å². The summed E-state index contributed by atoms with van der Waals surface area (Å²) in [6.07, 6.45) is 0.856. The van der Waals surface area contributed by atoms with E-state index in [1.807, 2.05) is 22.6 Å². The predicted molar refractivity (Wildman–Crippen MR) is 99.9 cm³/mol. The third-order valence-corrected chi connectivity index (χ3v) is 4.89. The molecule has 1 aliphatic heterocycles. The summed E-state index contributed by atoms with van der Waals surface area (Å²) in [6, 6.07) is 5.16. The van der Waals surface area contributed by atoms with Gasteiger partial charge < -0.3 is 9.64 Å². The molecule has 0 saturated carbocycles. The molecule has 8 heteroatoms. The van der Waals surface area contributed by atoms with Gasteiger partial charge in [-0.3, -0.25) is 4.79 Å². The van der Waals surface area contributed by atoms with E-state index in [1.54, 1.807) is 25.1 Å². The number of halogens is 4. The second kappa shape index (κ2) is 11.0. The maximum Gasteiger partial charge on any atom is 0.256 e. The van der Waals surface area contributed by atoms with Crippen LogP contribution in [0.15, 0.2) is 22.7 Å². The Balaban J connectivity index is 0.00000312. The molecule has 2 rings (SSSR count). The van der Waals surface area contributed by atoms with E-state index in [-0.39, 0.29) is 49.1 Å². The number of ether oxygens (including phenoxy) is 1. The Hall–Kier alpha value is -0.0361. The third-order valence-electron chi connectivity index (χ3n) is 3.26. The van der Waals surface area contributed by atoms with Gasteiger partial charge in [-0.05, 0) is 19.1 Å². The van der Waals surface area contributed by atoms with Crippen LogP contribution in [0.25, 0.3) is 5.70 Å². The molecule has 1 amide bonds. The first kappa shape index (κ1) is 23.0. The molecule has 1 radical (unpaired) electrons. The number of benzene rings is 1. The van der Waals surface area contributed by atoms with Crippen LogP contribution in [-0.2, 0) is 37.5 Å². The van der Waals surface area contributed by atoms with Crippen LogP contribution in [0.3, 0.4) is 0 Å². The normalized spacial score (nSPS) is 16.7. The average Bonchev–Trinajstić information content (AvgIpc) is 2.53. The van der Waals surface area contributed by atoms with E-state index in [1.165, 1.54) is 0 Å². The van der Waals surface area contributed by atoms with Crippen LogP contribution < -0.4 is 4.74 Å². The Morgan fingerprint density at radius 3 is 2.84 bits per heavy atom. The van der Waals surface area contributed by atoms with Gasteiger partial charge in [-0.25, -0.2) is 14.9 Å². The van der Waals surface area contributed by atoms with E-state index in [0.29, 0.717) is 27.9 Å². The standard InChI is InChI=1S/C17H14BrF2INO2.Y/c1-2-3-8-24-11-4-5-12(13(18)9-11)15-7-6-14(21)17(23)22(15)10-16(19)20;/h4-5,9,14,16H,6,8,10H2,1H3;/q-1;. The topological polar surface area (TPSA) is 29.5 Å². The molecule has 1 aliphatic rings. The monoisotopic (exact) mass is 597 g/mol. The minimum atomic E-state index is -2.61. The molecule has 0 bridgehead atoms. The molecule has 1 atom stereocenters. The van der Waals surface area contributed by atoms with Crippen molar-refractivity contribution in [1.82, 2.24) is 4.90 Å². The first-order valence-electron chi connectivity index (χ1n) is 7.10. The number of nitrogens with zero attached hydrogens (tertiary/aromatic N) is 1. The molecule has 0 spiro atoms. The summed E-state index contributed by atoms with van der Waals surface area (Å²) >= 11 is 5.37. The Bertz CT molecular complexity index is 718. The molecule has 0 N–H and O–H groups in total. The Morgan fingerprint density at radius 1 is 1.52 bits per heavy atom. The van der Waals surface area contributed by atoms with Crippen molar-refractivity contribution in [3.05, 3.63) is 34.3 Å². The summed E-state index contributed by atoms with van der Waals surface area (Å²) in [6.45, 7) is 1.35. The largest absolute Gasteiger partial charge is 0.481 e. The van der Waals surface area contributed by atoms with Crippen LogP contribution in [0.2, 0.25) is 0 Å². The van der Waals surface area contributed by atoms with Crippen LogP contribution in [0, 0.1) is 17.9 Å². The molecule has 1 aromatic carbocycles. The van der Waals surface area contributed by atoms with Crippen LogP contribution in [-0.4, -0.2) is 34.3 Å². The van der Waals surface area contributed by atoms with Gasteiger partial charge in [-0.15, -0.1) is 23.2 Å². The quantitative estimate of drug-likeness (QED) is 0.219. The number of allylic oxidation sites excluding steroid dienone is 1. The summed E-state index contributed by atoms with van der Waals surface area (Å²) < 4.78 is 31.5. The molecule has 0 aromatic heterocycles. The molecule has 0 saturated heterocycles. The Kier molecular flexibility index (Phi) is 10.1. The van der Waals surface area contributed by atoms with Crippen molar-refractivity contribution in [1.29, 1.82) is 0 Å². The summed E-state index contributed by atoms with van der Waals surface area (Å²) in [5.41, 5.74) is 1.00. The zero-order chi connectivity index (χ0) is 17.7. The van der Waals surface area contributed by atoms with Crippen molar-refractivity contribution in [2.24, 2.45) is 0 Å². The Morgan fingerprint density at radius 2 is 2.24 bits per heavy atom. The van der Waals surface area contributed by atoms with E-state index in [2.05, 4.69) is 33.8 Å². The van der Waals surface area contributed by atoms with Crippen molar-refractivity contribution < 1.29 is 51.0 Å². The van der Waals surface area contributed by atoms with Crippen molar-refractivity contribution in [2.45, 2.75) is 23.7 Å². The molecular weight excluding hydrogens is 584 g/mol. The molecule has 1 heterocycles. The summed E-state index contributed by atoms with van der Waals surface area (Å²) in [5, 5.41) is 0. The minimum Gasteiger partial charge on any atom is -0.481 e. The van der Waals surface area contributed by atoms with E-state index < -0.39 is 13.0 Å². The van der Waals surface area contributed by atoms with Gasteiger partial charge in [0.2, 0.25) is 5.91 Å². The van der Waals surface area contributed by atoms with Crippen molar-refractivity contribution in [2.75, 3.05) is 13.2 Å². The SMILES string of the molecule is CC#CCOc1ccc(C2=[C-]CC(I)C(=O)N2CC(F)F)c(Br)c1.[Y]. The van der Waals surface area contributed by atoms with Gasteiger partial charge in [0.25, 0.3) is 6.43 Å². The fourth-order valence-corrected chi connectivity index (χ4v) is 3.28. The van der Waals surface area contributed by atoms with Gasteiger partial charge in [-0.1, -0.05) is 55.3 Å². The molecule has 131 valence electrons. The van der Waals surface area contributed by atoms with Crippen molar-refractivity contribution in [3.63, 3.8) is 0 Å². The maximum atomic E-state index is 12.9. The maximum absolute atomic E-state index is 12.9. The second-order valence-corrected chi connectivity index (χ2v) is 7.25. The second-order valence-electron chi connectivity index (χ2n) is 4.89. The molecule has 0 fully saturated rings. The summed E-state index contributed by atoms with van der Waals surface area (Å²) in [4.78, 5) is 13.4. The molecule has 1 unspecified atom stereocenters. The minimum absolute atomic E-state index is 0. The average molecular weight is 598 g/mol. The first-order chi connectivity index (χ1) is 11.4. The van der Waals surface area contributed by atoms with Crippen molar-refractivity contribution >= 4 is 50.1 Å². The third kappa shape index (κ3) is 6.26. The van der Waals surface area contributed by atoms with Crippen LogP contribution in [0.1, 0.15) is 18.9 Å². The van der Waals surface area contributed by atoms with Crippen LogP contribution >= 0.6 is 38.5 Å². The zero-order valence-corrected chi connectivity index (χ0v) is 19.9. The van der Waals surface area contributed by atoms with Gasteiger partial charge >= 0.3 is 0 Å². The Labute approximate surface area is 193 Å². The first-order valence-corrected chi connectivity index (χ1v) is 9.14. The van der Waals surface area contributed by atoms with Gasteiger partial charge in [-0.2, -0.15) is 0 Å². The van der Waals surface area contributed by atoms with E-state index in [9.17, 15) is 13.6 Å². The van der Waals surface area contributed by atoms with Gasteiger partial charge in [0.1, 0.15) is 12.4 Å². The fraction of sp³-hybridized carbons (Fsp3) is 0.353. The van der Waals surface area contributed by atoms with Crippen LogP contribution in [0.4, 0.5) is 8.78 Å². The number of hydrogen-bond donors (Lipinski definition) is 0. The number of alkyl halides is 3. The van der Waals surface area contributed by atoms with E-state index in [4.69, 9.17) is 4.74 Å².